The summed E-state index contributed by atoms with van der Waals surface area (Å²) in [4.78, 5) is 8.89. The minimum atomic E-state index is -0.203. The monoisotopic (exact) mass is 285 g/mol. The molecular formula is C14H24ClN3O. The van der Waals surface area contributed by atoms with Crippen molar-refractivity contribution >= 4 is 17.4 Å². The molecular weight excluding hydrogens is 262 g/mol. The van der Waals surface area contributed by atoms with E-state index in [1.165, 1.54) is 0 Å². The van der Waals surface area contributed by atoms with Gasteiger partial charge in [-0.2, -0.15) is 0 Å². The van der Waals surface area contributed by atoms with Gasteiger partial charge in [0, 0.05) is 29.5 Å². The van der Waals surface area contributed by atoms with Gasteiger partial charge in [0.25, 0.3) is 0 Å². The quantitative estimate of drug-likeness (QED) is 0.834. The van der Waals surface area contributed by atoms with Gasteiger partial charge in [0.2, 0.25) is 0 Å². The van der Waals surface area contributed by atoms with Crippen molar-refractivity contribution in [2.75, 3.05) is 18.5 Å². The van der Waals surface area contributed by atoms with E-state index in [0.29, 0.717) is 17.5 Å². The second-order valence-corrected chi connectivity index (χ2v) is 7.10. The number of aliphatic hydroxyl groups is 1. The van der Waals surface area contributed by atoms with Crippen LogP contribution in [0.2, 0.25) is 5.15 Å². The SMILES string of the molecule is Cc1c(Cl)nc(C(C)(C)C)nc1NCC(C)(C)CO. The minimum Gasteiger partial charge on any atom is -0.396 e. The minimum absolute atomic E-state index is 0.115. The number of rotatable bonds is 4. The fourth-order valence-electron chi connectivity index (χ4n) is 1.38. The number of nitrogens with zero attached hydrogens (tertiary/aromatic N) is 2. The highest BCUT2D eigenvalue weighted by molar-refractivity contribution is 6.30. The maximum absolute atomic E-state index is 9.28. The summed E-state index contributed by atoms with van der Waals surface area (Å²) in [6.07, 6.45) is 0. The molecule has 5 heteroatoms. The summed E-state index contributed by atoms with van der Waals surface area (Å²) in [5, 5.41) is 13.0. The lowest BCUT2D eigenvalue weighted by Gasteiger charge is -2.24. The van der Waals surface area contributed by atoms with Gasteiger partial charge in [-0.3, -0.25) is 0 Å². The van der Waals surface area contributed by atoms with E-state index in [9.17, 15) is 5.11 Å². The number of hydrogen-bond acceptors (Lipinski definition) is 4. The van der Waals surface area contributed by atoms with E-state index >= 15 is 0 Å². The van der Waals surface area contributed by atoms with E-state index in [-0.39, 0.29) is 17.4 Å². The van der Waals surface area contributed by atoms with Crippen LogP contribution in [0.25, 0.3) is 0 Å². The zero-order valence-corrected chi connectivity index (χ0v) is 13.4. The van der Waals surface area contributed by atoms with Crippen LogP contribution >= 0.6 is 11.6 Å². The summed E-state index contributed by atoms with van der Waals surface area (Å²) >= 11 is 6.17. The van der Waals surface area contributed by atoms with E-state index in [1.807, 2.05) is 20.8 Å². The Balaban J connectivity index is 3.04. The zero-order valence-electron chi connectivity index (χ0n) is 12.6. The molecule has 0 saturated heterocycles. The van der Waals surface area contributed by atoms with Gasteiger partial charge in [-0.15, -0.1) is 0 Å². The number of aliphatic hydroxyl groups excluding tert-OH is 1. The van der Waals surface area contributed by atoms with Gasteiger partial charge in [0.15, 0.2) is 0 Å². The summed E-state index contributed by atoms with van der Waals surface area (Å²) in [6, 6.07) is 0. The number of nitrogens with one attached hydrogen (secondary N) is 1. The van der Waals surface area contributed by atoms with Crippen molar-refractivity contribution in [2.24, 2.45) is 5.41 Å². The molecule has 0 fully saturated rings. The first-order chi connectivity index (χ1) is 8.57. The maximum atomic E-state index is 9.28. The van der Waals surface area contributed by atoms with E-state index in [2.05, 4.69) is 36.1 Å². The number of aromatic nitrogens is 2. The largest absolute Gasteiger partial charge is 0.396 e. The molecule has 0 amide bonds. The van der Waals surface area contributed by atoms with E-state index in [0.717, 1.165) is 11.4 Å². The first kappa shape index (κ1) is 16.2. The molecule has 0 bridgehead atoms. The lowest BCUT2D eigenvalue weighted by Crippen LogP contribution is -2.28. The Morgan fingerprint density at radius 3 is 2.21 bits per heavy atom. The molecule has 0 aromatic carbocycles. The first-order valence-electron chi connectivity index (χ1n) is 6.46. The molecule has 0 unspecified atom stereocenters. The van der Waals surface area contributed by atoms with Gasteiger partial charge in [-0.05, 0) is 6.92 Å². The van der Waals surface area contributed by atoms with Crippen LogP contribution in [0.4, 0.5) is 5.82 Å². The molecule has 0 aliphatic rings. The smallest absolute Gasteiger partial charge is 0.137 e. The molecule has 0 atom stereocenters. The van der Waals surface area contributed by atoms with Crippen LogP contribution in [0.15, 0.2) is 0 Å². The van der Waals surface area contributed by atoms with Gasteiger partial charge in [-0.1, -0.05) is 46.2 Å². The van der Waals surface area contributed by atoms with Crippen molar-refractivity contribution in [1.82, 2.24) is 9.97 Å². The molecule has 0 saturated carbocycles. The normalized spacial score (nSPS) is 12.6. The molecule has 1 aromatic heterocycles. The molecule has 2 N–H and O–H groups in total. The highest BCUT2D eigenvalue weighted by Crippen LogP contribution is 2.26. The summed E-state index contributed by atoms with van der Waals surface area (Å²) in [5.41, 5.74) is 0.481. The molecule has 0 aliphatic heterocycles. The van der Waals surface area contributed by atoms with Gasteiger partial charge >= 0.3 is 0 Å². The van der Waals surface area contributed by atoms with Crippen molar-refractivity contribution in [3.63, 3.8) is 0 Å². The van der Waals surface area contributed by atoms with Crippen LogP contribution in [0.5, 0.6) is 0 Å². The summed E-state index contributed by atoms with van der Waals surface area (Å²) in [6.45, 7) is 12.8. The van der Waals surface area contributed by atoms with Gasteiger partial charge in [-0.25, -0.2) is 9.97 Å². The zero-order chi connectivity index (χ0) is 14.8. The summed E-state index contributed by atoms with van der Waals surface area (Å²) in [5.74, 6) is 1.46. The number of anilines is 1. The predicted molar refractivity (Wildman–Crippen MR) is 79.8 cm³/mol. The topological polar surface area (TPSA) is 58.0 Å². The van der Waals surface area contributed by atoms with Gasteiger partial charge in [0.05, 0.1) is 0 Å². The van der Waals surface area contributed by atoms with Crippen molar-refractivity contribution in [1.29, 1.82) is 0 Å². The van der Waals surface area contributed by atoms with Crippen molar-refractivity contribution in [2.45, 2.75) is 47.0 Å². The Hall–Kier alpha value is -0.870. The number of hydrogen-bond donors (Lipinski definition) is 2. The van der Waals surface area contributed by atoms with E-state index in [1.54, 1.807) is 0 Å². The standard InChI is InChI=1S/C14H24ClN3O/c1-9-10(15)17-12(13(2,3)4)18-11(9)16-7-14(5,6)8-19/h19H,7-8H2,1-6H3,(H,16,17,18). The van der Waals surface area contributed by atoms with E-state index in [4.69, 9.17) is 11.6 Å². The molecule has 108 valence electrons. The molecule has 1 aromatic rings. The van der Waals surface area contributed by atoms with Crippen LogP contribution in [0, 0.1) is 12.3 Å². The molecule has 0 spiro atoms. The summed E-state index contributed by atoms with van der Waals surface area (Å²) < 4.78 is 0. The Labute approximate surface area is 120 Å². The Morgan fingerprint density at radius 2 is 1.74 bits per heavy atom. The highest BCUT2D eigenvalue weighted by Gasteiger charge is 2.22. The fraction of sp³-hybridized carbons (Fsp3) is 0.714. The van der Waals surface area contributed by atoms with Crippen LogP contribution in [-0.2, 0) is 5.41 Å². The molecule has 0 radical (unpaired) electrons. The molecule has 1 rings (SSSR count). The second kappa shape index (κ2) is 5.63. The molecule has 0 aliphatic carbocycles. The fourth-order valence-corrected chi connectivity index (χ4v) is 1.55. The first-order valence-corrected chi connectivity index (χ1v) is 6.84. The van der Waals surface area contributed by atoms with Crippen molar-refractivity contribution in [3.8, 4) is 0 Å². The lowest BCUT2D eigenvalue weighted by atomic mass is 9.94. The van der Waals surface area contributed by atoms with Crippen LogP contribution in [0.1, 0.15) is 46.0 Å². The Bertz CT molecular complexity index is 453. The maximum Gasteiger partial charge on any atom is 0.137 e. The van der Waals surface area contributed by atoms with Crippen LogP contribution < -0.4 is 5.32 Å². The molecule has 4 nitrogen and oxygen atoms in total. The van der Waals surface area contributed by atoms with Gasteiger partial charge in [0.1, 0.15) is 16.8 Å². The predicted octanol–water partition coefficient (Wildman–Crippen LogP) is 3.17. The summed E-state index contributed by atoms with van der Waals surface area (Å²) in [7, 11) is 0. The third kappa shape index (κ3) is 4.32. The Morgan fingerprint density at radius 1 is 1.16 bits per heavy atom. The number of halogens is 1. The van der Waals surface area contributed by atoms with Gasteiger partial charge < -0.3 is 10.4 Å². The highest BCUT2D eigenvalue weighted by atomic mass is 35.5. The van der Waals surface area contributed by atoms with Crippen molar-refractivity contribution < 1.29 is 5.11 Å². The average molecular weight is 286 g/mol. The third-order valence-corrected chi connectivity index (χ3v) is 3.29. The third-order valence-electron chi connectivity index (χ3n) is 2.92. The van der Waals surface area contributed by atoms with Crippen LogP contribution in [0.3, 0.4) is 0 Å². The Kier molecular flexibility index (Phi) is 4.80. The second-order valence-electron chi connectivity index (χ2n) is 6.74. The molecule has 1 heterocycles. The molecule has 19 heavy (non-hydrogen) atoms. The van der Waals surface area contributed by atoms with E-state index < -0.39 is 0 Å². The average Bonchev–Trinajstić information content (AvgIpc) is 2.29. The van der Waals surface area contributed by atoms with Crippen molar-refractivity contribution in [3.05, 3.63) is 16.5 Å². The lowest BCUT2D eigenvalue weighted by molar-refractivity contribution is 0.170. The van der Waals surface area contributed by atoms with Crippen LogP contribution in [-0.4, -0.2) is 28.2 Å².